The molecule has 0 N–H and O–H groups in total. The number of hydrogen-bond acceptors (Lipinski definition) is 0. The summed E-state index contributed by atoms with van der Waals surface area (Å²) in [6.45, 7) is 0.895. The summed E-state index contributed by atoms with van der Waals surface area (Å²) in [5.74, 6) is 0. The lowest BCUT2D eigenvalue weighted by molar-refractivity contribution is -0.476. The highest BCUT2D eigenvalue weighted by Gasteiger charge is 2.65. The summed E-state index contributed by atoms with van der Waals surface area (Å²) in [6.07, 6.45) is 27.6. The van der Waals surface area contributed by atoms with Gasteiger partial charge in [-0.3, -0.25) is 0 Å². The van der Waals surface area contributed by atoms with Crippen molar-refractivity contribution in [2.45, 2.75) is 18.0 Å². The van der Waals surface area contributed by atoms with E-state index in [1.54, 1.807) is 0 Å². The molecule has 0 aromatic carbocycles. The zero-order chi connectivity index (χ0) is 25.9. The molecule has 9 heteroatoms. The monoisotopic (exact) mass is 586 g/mol. The van der Waals surface area contributed by atoms with Gasteiger partial charge < -0.3 is 9.13 Å². The number of nitrogens with zero attached hydrogens (tertiary/aromatic N) is 4. The van der Waals surface area contributed by atoms with Crippen molar-refractivity contribution >= 4 is 97.0 Å². The van der Waals surface area contributed by atoms with Gasteiger partial charge in [-0.1, -0.05) is 69.6 Å². The van der Waals surface area contributed by atoms with Crippen molar-refractivity contribution in [3.63, 3.8) is 0 Å². The first-order valence-electron chi connectivity index (χ1n) is 12.4. The van der Waals surface area contributed by atoms with Crippen LogP contribution in [0.1, 0.15) is 23.9 Å². The van der Waals surface area contributed by atoms with Gasteiger partial charge in [0, 0.05) is 36.0 Å². The summed E-state index contributed by atoms with van der Waals surface area (Å²) >= 11 is 6.69. The van der Waals surface area contributed by atoms with Crippen LogP contribution in [0, 0.1) is 0 Å². The molecule has 2 atom stereocenters. The molecule has 6 aliphatic rings. The van der Waals surface area contributed by atoms with Gasteiger partial charge in [-0.25, -0.2) is 0 Å². The van der Waals surface area contributed by atoms with E-state index in [4.69, 9.17) is 11.6 Å². The Morgan fingerprint density at radius 2 is 1.42 bits per heavy atom. The molecule has 1 fully saturated rings. The van der Waals surface area contributed by atoms with Crippen molar-refractivity contribution in [2.24, 2.45) is 0 Å². The zero-order valence-corrected chi connectivity index (χ0v) is 24.9. The first kappa shape index (κ1) is 23.5. The lowest BCUT2D eigenvalue weighted by atomic mass is 10.2. The highest BCUT2D eigenvalue weighted by atomic mass is 35.5. The van der Waals surface area contributed by atoms with Crippen molar-refractivity contribution in [3.8, 4) is 0 Å². The molecule has 5 bridgehead atoms. The third kappa shape index (κ3) is 2.67. The van der Waals surface area contributed by atoms with Gasteiger partial charge in [0.25, 0.3) is 0 Å². The maximum absolute atomic E-state index is 6.69. The smallest absolute Gasteiger partial charge is 0.225 e. The van der Waals surface area contributed by atoms with Crippen LogP contribution in [0.25, 0.3) is 15.9 Å². The standard InChI is InChI=1S/C29H23ClN4P4/c1-35-25-16-5-6-17-27(37-3)22-11-12-23-28(38-4)21-10-9-20(26(36-2)19-8-7-18(25)32(19)15-30)33(21)24-13-29(24,34(22)23)14-31(16)17/h5-12,24H,1-4,13-15H2/q+2. The molecule has 7 heterocycles. The van der Waals surface area contributed by atoms with Gasteiger partial charge in [-0.05, 0) is 24.3 Å². The molecule has 0 amide bonds. The summed E-state index contributed by atoms with van der Waals surface area (Å²) in [5, 5.41) is 7.43. The third-order valence-electron chi connectivity index (χ3n) is 8.65. The SMILES string of the molecule is C=PC1=C2C=CC(=[N+]2CCl)C(P=C)=c2ccc3n2C2CC24C[N+]2=C1C=CC2=C(P=C)c1ccc(n14)C=3P=C. The van der Waals surface area contributed by atoms with Crippen molar-refractivity contribution in [3.05, 3.63) is 87.4 Å². The van der Waals surface area contributed by atoms with E-state index in [1.165, 1.54) is 54.8 Å². The number of allylic oxidation sites excluding steroid dienone is 5. The maximum Gasteiger partial charge on any atom is 0.225 e. The Labute approximate surface area is 232 Å². The van der Waals surface area contributed by atoms with Crippen LogP contribution < -0.4 is 10.7 Å². The van der Waals surface area contributed by atoms with Crippen LogP contribution in [-0.4, -0.2) is 67.5 Å². The summed E-state index contributed by atoms with van der Waals surface area (Å²) in [6, 6.07) is 9.89. The van der Waals surface area contributed by atoms with Crippen LogP contribution >= 0.6 is 44.4 Å². The van der Waals surface area contributed by atoms with Gasteiger partial charge in [0.05, 0.1) is 38.8 Å². The van der Waals surface area contributed by atoms with E-state index >= 15 is 0 Å². The fraction of sp³-hybridized carbons (Fsp3) is 0.172. The Kier molecular flexibility index (Phi) is 4.97. The van der Waals surface area contributed by atoms with Gasteiger partial charge in [0.15, 0.2) is 6.54 Å². The normalized spacial score (nSPS) is 26.3. The second kappa shape index (κ2) is 8.05. The summed E-state index contributed by atoms with van der Waals surface area (Å²) < 4.78 is 10.0. The molecular weight excluding hydrogens is 564 g/mol. The first-order chi connectivity index (χ1) is 18.6. The highest BCUT2D eigenvalue weighted by Crippen LogP contribution is 2.59. The average Bonchev–Trinajstić information content (AvgIpc) is 3.37. The minimum atomic E-state index is -0.0718. The number of aromatic nitrogens is 2. The molecule has 2 aromatic heterocycles. The Balaban J connectivity index is 1.66. The summed E-state index contributed by atoms with van der Waals surface area (Å²) in [4.78, 5) is 0. The third-order valence-corrected chi connectivity index (χ3v) is 12.0. The van der Waals surface area contributed by atoms with Crippen LogP contribution in [0.15, 0.2) is 65.3 Å². The number of alkyl halides is 1. The second-order valence-corrected chi connectivity index (χ2v) is 13.4. The predicted octanol–water partition coefficient (Wildman–Crippen LogP) is 4.87. The molecule has 1 aliphatic carbocycles. The van der Waals surface area contributed by atoms with Gasteiger partial charge in [0.2, 0.25) is 28.8 Å². The van der Waals surface area contributed by atoms with E-state index < -0.39 is 0 Å². The van der Waals surface area contributed by atoms with Crippen molar-refractivity contribution in [2.75, 3.05) is 12.5 Å². The summed E-state index contributed by atoms with van der Waals surface area (Å²) in [7, 11) is 3.96. The number of rotatable bonds is 5. The maximum atomic E-state index is 6.69. The molecule has 2 unspecified atom stereocenters. The Bertz CT molecular complexity index is 1940. The average molecular weight is 587 g/mol. The Morgan fingerprint density at radius 1 is 0.789 bits per heavy atom. The molecule has 184 valence electrons. The molecule has 4 nitrogen and oxygen atoms in total. The van der Waals surface area contributed by atoms with Crippen molar-refractivity contribution < 1.29 is 9.15 Å². The molecule has 0 saturated heterocycles. The fourth-order valence-corrected chi connectivity index (χ4v) is 10.1. The van der Waals surface area contributed by atoms with E-state index in [9.17, 15) is 0 Å². The van der Waals surface area contributed by atoms with E-state index in [2.05, 4.69) is 92.1 Å². The van der Waals surface area contributed by atoms with Gasteiger partial charge >= 0.3 is 0 Å². The van der Waals surface area contributed by atoms with E-state index in [0.29, 0.717) is 12.0 Å². The molecule has 2 aromatic rings. The zero-order valence-electron chi connectivity index (χ0n) is 20.6. The molecule has 0 radical (unpaired) electrons. The summed E-state index contributed by atoms with van der Waals surface area (Å²) in [5.41, 5.74) is 7.19. The van der Waals surface area contributed by atoms with Crippen molar-refractivity contribution in [1.82, 2.24) is 9.13 Å². The fourth-order valence-electron chi connectivity index (χ4n) is 7.05. The number of halogens is 1. The van der Waals surface area contributed by atoms with Crippen LogP contribution in [0.5, 0.6) is 0 Å². The Morgan fingerprint density at radius 3 is 2.11 bits per heavy atom. The quantitative estimate of drug-likeness (QED) is 0.206. The molecule has 1 spiro atoms. The van der Waals surface area contributed by atoms with Crippen LogP contribution in [-0.2, 0) is 5.54 Å². The lowest BCUT2D eigenvalue weighted by Gasteiger charge is -2.21. The largest absolute Gasteiger partial charge is 0.334 e. The van der Waals surface area contributed by atoms with Gasteiger partial charge in [0.1, 0.15) is 10.9 Å². The van der Waals surface area contributed by atoms with E-state index in [0.717, 1.165) is 57.2 Å². The first-order valence-corrected chi connectivity index (χ1v) is 17.2. The molecule has 8 rings (SSSR count). The van der Waals surface area contributed by atoms with Gasteiger partial charge in [-0.15, -0.1) is 0 Å². The minimum absolute atomic E-state index is 0.0718. The molecule has 1 saturated carbocycles. The lowest BCUT2D eigenvalue weighted by Crippen LogP contribution is -2.36. The minimum Gasteiger partial charge on any atom is -0.334 e. The van der Waals surface area contributed by atoms with E-state index in [1.807, 2.05) is 0 Å². The molecular formula is C29H23ClN4P4+2. The molecule has 5 aliphatic heterocycles. The topological polar surface area (TPSA) is 15.9 Å². The van der Waals surface area contributed by atoms with Crippen molar-refractivity contribution in [1.29, 1.82) is 0 Å². The number of hydrogen-bond donors (Lipinski definition) is 0. The number of fused-ring (bicyclic) bond motifs is 1. The van der Waals surface area contributed by atoms with Crippen LogP contribution in [0.4, 0.5) is 0 Å². The second-order valence-electron chi connectivity index (χ2n) is 10.1. The Hall–Kier alpha value is -2.43. The van der Waals surface area contributed by atoms with E-state index in [-0.39, 0.29) is 5.54 Å². The predicted molar refractivity (Wildman–Crippen MR) is 170 cm³/mol. The highest BCUT2D eigenvalue weighted by molar-refractivity contribution is 7.51. The van der Waals surface area contributed by atoms with Gasteiger partial charge in [-0.2, -0.15) is 9.15 Å². The van der Waals surface area contributed by atoms with Crippen LogP contribution in [0.2, 0.25) is 0 Å². The molecule has 38 heavy (non-hydrogen) atoms. The van der Waals surface area contributed by atoms with Crippen LogP contribution in [0.3, 0.4) is 0 Å².